The molecule has 1 aliphatic rings. The van der Waals surface area contributed by atoms with Crippen molar-refractivity contribution in [2.45, 2.75) is 45.9 Å². The highest BCUT2D eigenvalue weighted by molar-refractivity contribution is 5.74. The standard InChI is InChI=1S/C16H24N6O2/c1-9-12(8-18-20-9)7-17-16(23)19-13-5-6-24-15(13)14-10(2)21-22(4)11(14)3/h8,13,15H,5-7H2,1-4H3,(H,18,20)(H2,17,19,23)/t13-,15-/m0/s1. The number of H-pyrrole nitrogens is 1. The van der Waals surface area contributed by atoms with Gasteiger partial charge in [-0.1, -0.05) is 0 Å². The van der Waals surface area contributed by atoms with E-state index >= 15 is 0 Å². The molecular formula is C16H24N6O2. The average Bonchev–Trinajstić information content (AvgIpc) is 3.20. The Kier molecular flexibility index (Phi) is 4.57. The molecule has 130 valence electrons. The first-order valence-corrected chi connectivity index (χ1v) is 8.12. The first kappa shape index (κ1) is 16.5. The number of aromatic amines is 1. The third kappa shape index (κ3) is 3.14. The second kappa shape index (κ2) is 6.64. The highest BCUT2D eigenvalue weighted by Gasteiger charge is 2.34. The Bertz CT molecular complexity index is 735. The van der Waals surface area contributed by atoms with Crippen LogP contribution in [0.2, 0.25) is 0 Å². The molecule has 2 aromatic heterocycles. The fourth-order valence-corrected chi connectivity index (χ4v) is 3.17. The predicted octanol–water partition coefficient (Wildman–Crippen LogP) is 1.40. The van der Waals surface area contributed by atoms with Crippen molar-refractivity contribution < 1.29 is 9.53 Å². The van der Waals surface area contributed by atoms with Crippen molar-refractivity contribution in [3.8, 4) is 0 Å². The van der Waals surface area contributed by atoms with Gasteiger partial charge >= 0.3 is 6.03 Å². The maximum absolute atomic E-state index is 12.2. The van der Waals surface area contributed by atoms with E-state index in [1.165, 1.54) is 0 Å². The monoisotopic (exact) mass is 332 g/mol. The number of aryl methyl sites for hydroxylation is 3. The lowest BCUT2D eigenvalue weighted by Crippen LogP contribution is -2.43. The topological polar surface area (TPSA) is 96.9 Å². The van der Waals surface area contributed by atoms with Gasteiger partial charge in [-0.3, -0.25) is 9.78 Å². The van der Waals surface area contributed by atoms with Crippen LogP contribution in [-0.2, 0) is 18.3 Å². The van der Waals surface area contributed by atoms with E-state index < -0.39 is 0 Å². The number of hydrogen-bond donors (Lipinski definition) is 3. The number of rotatable bonds is 4. The normalized spacial score (nSPS) is 20.3. The van der Waals surface area contributed by atoms with Gasteiger partial charge in [0.2, 0.25) is 0 Å². The van der Waals surface area contributed by atoms with Crippen LogP contribution in [0.25, 0.3) is 0 Å². The van der Waals surface area contributed by atoms with Gasteiger partial charge in [-0.25, -0.2) is 4.79 Å². The van der Waals surface area contributed by atoms with E-state index in [2.05, 4.69) is 25.9 Å². The fourth-order valence-electron chi connectivity index (χ4n) is 3.17. The number of carbonyl (C=O) groups excluding carboxylic acids is 1. The molecule has 1 saturated heterocycles. The molecule has 8 nitrogen and oxygen atoms in total. The highest BCUT2D eigenvalue weighted by Crippen LogP contribution is 2.33. The van der Waals surface area contributed by atoms with Gasteiger partial charge in [0.1, 0.15) is 6.10 Å². The number of carbonyl (C=O) groups is 1. The summed E-state index contributed by atoms with van der Waals surface area (Å²) in [7, 11) is 1.92. The van der Waals surface area contributed by atoms with Crippen LogP contribution in [0.4, 0.5) is 4.79 Å². The molecule has 1 aliphatic heterocycles. The minimum Gasteiger partial charge on any atom is -0.371 e. The summed E-state index contributed by atoms with van der Waals surface area (Å²) in [5.41, 5.74) is 5.03. The zero-order valence-electron chi connectivity index (χ0n) is 14.5. The van der Waals surface area contributed by atoms with Gasteiger partial charge in [-0.05, 0) is 27.2 Å². The molecular weight excluding hydrogens is 308 g/mol. The van der Waals surface area contributed by atoms with Crippen LogP contribution in [0, 0.1) is 20.8 Å². The lowest BCUT2D eigenvalue weighted by molar-refractivity contribution is 0.0988. The third-order valence-electron chi connectivity index (χ3n) is 4.63. The minimum atomic E-state index is -0.199. The zero-order valence-corrected chi connectivity index (χ0v) is 14.5. The van der Waals surface area contributed by atoms with E-state index in [-0.39, 0.29) is 18.2 Å². The van der Waals surface area contributed by atoms with Crippen LogP contribution in [0.5, 0.6) is 0 Å². The van der Waals surface area contributed by atoms with E-state index in [1.54, 1.807) is 6.20 Å². The second-order valence-electron chi connectivity index (χ2n) is 6.24. The second-order valence-corrected chi connectivity index (χ2v) is 6.24. The SMILES string of the molecule is Cc1nn(C)c(C)c1[C@H]1OCC[C@@H]1NC(=O)NCc1cn[nH]c1C. The van der Waals surface area contributed by atoms with Gasteiger partial charge < -0.3 is 15.4 Å². The van der Waals surface area contributed by atoms with Crippen molar-refractivity contribution in [2.24, 2.45) is 7.05 Å². The van der Waals surface area contributed by atoms with Gasteiger partial charge in [0.25, 0.3) is 0 Å². The first-order chi connectivity index (χ1) is 11.5. The van der Waals surface area contributed by atoms with Crippen LogP contribution in [0.15, 0.2) is 6.20 Å². The van der Waals surface area contributed by atoms with E-state index in [0.717, 1.165) is 34.6 Å². The van der Waals surface area contributed by atoms with Crippen molar-refractivity contribution in [3.63, 3.8) is 0 Å². The summed E-state index contributed by atoms with van der Waals surface area (Å²) >= 11 is 0. The summed E-state index contributed by atoms with van der Waals surface area (Å²) in [4.78, 5) is 12.2. The lowest BCUT2D eigenvalue weighted by atomic mass is 10.0. The summed E-state index contributed by atoms with van der Waals surface area (Å²) in [6, 6.07) is -0.257. The van der Waals surface area contributed by atoms with Gasteiger partial charge in [-0.15, -0.1) is 0 Å². The van der Waals surface area contributed by atoms with E-state index in [1.807, 2.05) is 32.5 Å². The minimum absolute atomic E-state index is 0.0583. The molecule has 0 aliphatic carbocycles. The van der Waals surface area contributed by atoms with Crippen LogP contribution >= 0.6 is 0 Å². The quantitative estimate of drug-likeness (QED) is 0.788. The zero-order chi connectivity index (χ0) is 17.3. The Morgan fingerprint density at radius 1 is 1.46 bits per heavy atom. The van der Waals surface area contributed by atoms with Crippen LogP contribution in [0.3, 0.4) is 0 Å². The van der Waals surface area contributed by atoms with Gasteiger partial charge in [0.15, 0.2) is 0 Å². The Balaban J connectivity index is 1.63. The molecule has 0 spiro atoms. The van der Waals surface area contributed by atoms with Crippen LogP contribution < -0.4 is 10.6 Å². The largest absolute Gasteiger partial charge is 0.371 e. The molecule has 2 amide bonds. The van der Waals surface area contributed by atoms with E-state index in [4.69, 9.17) is 4.74 Å². The molecule has 2 aromatic rings. The molecule has 3 rings (SSSR count). The number of amides is 2. The summed E-state index contributed by atoms with van der Waals surface area (Å²) in [5.74, 6) is 0. The molecule has 0 bridgehead atoms. The number of ether oxygens (including phenoxy) is 1. The Morgan fingerprint density at radius 3 is 2.88 bits per heavy atom. The summed E-state index contributed by atoms with van der Waals surface area (Å²) in [6.45, 7) is 7.00. The predicted molar refractivity (Wildman–Crippen MR) is 88.5 cm³/mol. The summed E-state index contributed by atoms with van der Waals surface area (Å²) in [6.07, 6.45) is 2.36. The number of nitrogens with zero attached hydrogens (tertiary/aromatic N) is 3. The molecule has 3 heterocycles. The Morgan fingerprint density at radius 2 is 2.25 bits per heavy atom. The molecule has 0 saturated carbocycles. The number of hydrogen-bond acceptors (Lipinski definition) is 4. The smallest absolute Gasteiger partial charge is 0.315 e. The van der Waals surface area contributed by atoms with Crippen LogP contribution in [0.1, 0.15) is 40.7 Å². The molecule has 0 radical (unpaired) electrons. The molecule has 0 unspecified atom stereocenters. The van der Waals surface area contributed by atoms with Gasteiger partial charge in [0, 0.05) is 42.7 Å². The molecule has 3 N–H and O–H groups in total. The Hall–Kier alpha value is -2.35. The van der Waals surface area contributed by atoms with Crippen molar-refractivity contribution in [1.82, 2.24) is 30.6 Å². The Labute approximate surface area is 141 Å². The number of urea groups is 1. The highest BCUT2D eigenvalue weighted by atomic mass is 16.5. The van der Waals surface area contributed by atoms with E-state index in [9.17, 15) is 4.79 Å². The molecule has 0 aromatic carbocycles. The summed E-state index contributed by atoms with van der Waals surface area (Å²) in [5, 5.41) is 17.2. The molecule has 24 heavy (non-hydrogen) atoms. The van der Waals surface area contributed by atoms with Crippen molar-refractivity contribution in [1.29, 1.82) is 0 Å². The maximum Gasteiger partial charge on any atom is 0.315 e. The molecule has 2 atom stereocenters. The average molecular weight is 332 g/mol. The first-order valence-electron chi connectivity index (χ1n) is 8.12. The van der Waals surface area contributed by atoms with Gasteiger partial charge in [-0.2, -0.15) is 10.2 Å². The lowest BCUT2D eigenvalue weighted by Gasteiger charge is -2.21. The van der Waals surface area contributed by atoms with Gasteiger partial charge in [0.05, 0.1) is 17.9 Å². The number of nitrogens with one attached hydrogen (secondary N) is 3. The summed E-state index contributed by atoms with van der Waals surface area (Å²) < 4.78 is 7.74. The van der Waals surface area contributed by atoms with Crippen molar-refractivity contribution in [3.05, 3.63) is 34.4 Å². The van der Waals surface area contributed by atoms with Crippen molar-refractivity contribution >= 4 is 6.03 Å². The fraction of sp³-hybridized carbons (Fsp3) is 0.562. The van der Waals surface area contributed by atoms with E-state index in [0.29, 0.717) is 13.2 Å². The van der Waals surface area contributed by atoms with Crippen LogP contribution in [-0.4, -0.2) is 38.7 Å². The van der Waals surface area contributed by atoms with Crippen molar-refractivity contribution in [2.75, 3.05) is 6.61 Å². The number of aromatic nitrogens is 4. The third-order valence-corrected chi connectivity index (χ3v) is 4.63. The maximum atomic E-state index is 12.2. The molecule has 1 fully saturated rings. The molecule has 8 heteroatoms.